The first-order chi connectivity index (χ1) is 6.38. The Morgan fingerprint density at radius 2 is 1.93 bits per heavy atom. The fraction of sp³-hybridized carbons (Fsp3) is 0.400. The molecule has 0 aliphatic heterocycles. The van der Waals surface area contributed by atoms with Gasteiger partial charge in [-0.15, -0.1) is 0 Å². The SMILES string of the molecule is Cc1ccc(CCC(F)(F)F)cc1O. The molecule has 14 heavy (non-hydrogen) atoms. The van der Waals surface area contributed by atoms with Crippen LogP contribution in [-0.4, -0.2) is 11.3 Å². The van der Waals surface area contributed by atoms with Gasteiger partial charge in [-0.05, 0) is 30.5 Å². The lowest BCUT2D eigenvalue weighted by Gasteiger charge is -2.07. The molecule has 1 N–H and O–H groups in total. The van der Waals surface area contributed by atoms with Crippen LogP contribution in [0.15, 0.2) is 18.2 Å². The molecule has 0 aliphatic carbocycles. The summed E-state index contributed by atoms with van der Waals surface area (Å²) in [4.78, 5) is 0. The number of halogens is 3. The molecule has 0 saturated carbocycles. The lowest BCUT2D eigenvalue weighted by molar-refractivity contribution is -0.134. The van der Waals surface area contributed by atoms with E-state index in [1.165, 1.54) is 6.07 Å². The van der Waals surface area contributed by atoms with Crippen LogP contribution < -0.4 is 0 Å². The van der Waals surface area contributed by atoms with Crippen molar-refractivity contribution >= 4 is 0 Å². The molecular formula is C10H11F3O. The smallest absolute Gasteiger partial charge is 0.389 e. The van der Waals surface area contributed by atoms with Crippen molar-refractivity contribution in [3.63, 3.8) is 0 Å². The standard InChI is InChI=1S/C10H11F3O/c1-7-2-3-8(6-9(7)14)4-5-10(11,12)13/h2-3,6,14H,4-5H2,1H3. The highest BCUT2D eigenvalue weighted by molar-refractivity contribution is 5.35. The maximum absolute atomic E-state index is 11.9. The molecule has 1 aromatic rings. The van der Waals surface area contributed by atoms with Crippen molar-refractivity contribution in [3.05, 3.63) is 29.3 Å². The van der Waals surface area contributed by atoms with E-state index in [1.54, 1.807) is 19.1 Å². The van der Waals surface area contributed by atoms with Crippen LogP contribution >= 0.6 is 0 Å². The summed E-state index contributed by atoms with van der Waals surface area (Å²) in [5.41, 5.74) is 1.17. The van der Waals surface area contributed by atoms with E-state index in [1.807, 2.05) is 0 Å². The van der Waals surface area contributed by atoms with E-state index in [0.29, 0.717) is 11.1 Å². The van der Waals surface area contributed by atoms with Crippen LogP contribution in [0.1, 0.15) is 17.5 Å². The van der Waals surface area contributed by atoms with Crippen molar-refractivity contribution in [3.8, 4) is 5.75 Å². The van der Waals surface area contributed by atoms with E-state index in [2.05, 4.69) is 0 Å². The van der Waals surface area contributed by atoms with Gasteiger partial charge < -0.3 is 5.11 Å². The van der Waals surface area contributed by atoms with E-state index in [-0.39, 0.29) is 12.2 Å². The molecule has 0 radical (unpaired) electrons. The Bertz CT molecular complexity index is 318. The fourth-order valence-electron chi connectivity index (χ4n) is 1.10. The number of aryl methyl sites for hydroxylation is 2. The van der Waals surface area contributed by atoms with Crippen LogP contribution in [0.2, 0.25) is 0 Å². The molecule has 1 aromatic carbocycles. The number of phenols is 1. The number of hydrogen-bond acceptors (Lipinski definition) is 1. The van der Waals surface area contributed by atoms with Gasteiger partial charge in [-0.3, -0.25) is 0 Å². The van der Waals surface area contributed by atoms with Gasteiger partial charge in [-0.1, -0.05) is 12.1 Å². The summed E-state index contributed by atoms with van der Waals surface area (Å²) in [7, 11) is 0. The van der Waals surface area contributed by atoms with E-state index in [9.17, 15) is 18.3 Å². The molecule has 0 bridgehead atoms. The van der Waals surface area contributed by atoms with Crippen LogP contribution in [0.25, 0.3) is 0 Å². The monoisotopic (exact) mass is 204 g/mol. The summed E-state index contributed by atoms with van der Waals surface area (Å²) < 4.78 is 35.6. The van der Waals surface area contributed by atoms with Crippen LogP contribution in [0.4, 0.5) is 13.2 Å². The van der Waals surface area contributed by atoms with Gasteiger partial charge in [0.15, 0.2) is 0 Å². The maximum Gasteiger partial charge on any atom is 0.389 e. The largest absolute Gasteiger partial charge is 0.508 e. The Morgan fingerprint density at radius 1 is 1.29 bits per heavy atom. The van der Waals surface area contributed by atoms with Crippen LogP contribution in [0.5, 0.6) is 5.75 Å². The average molecular weight is 204 g/mol. The number of aromatic hydroxyl groups is 1. The first-order valence-electron chi connectivity index (χ1n) is 4.24. The summed E-state index contributed by atoms with van der Waals surface area (Å²) in [5.74, 6) is 0.0460. The second-order valence-corrected chi connectivity index (χ2v) is 3.24. The highest BCUT2D eigenvalue weighted by Crippen LogP contribution is 2.24. The van der Waals surface area contributed by atoms with Crippen molar-refractivity contribution < 1.29 is 18.3 Å². The van der Waals surface area contributed by atoms with E-state index in [0.717, 1.165) is 0 Å². The van der Waals surface area contributed by atoms with Gasteiger partial charge in [0.05, 0.1) is 0 Å². The molecule has 0 atom stereocenters. The molecule has 0 amide bonds. The zero-order valence-corrected chi connectivity index (χ0v) is 7.73. The lowest BCUT2D eigenvalue weighted by atomic mass is 10.1. The van der Waals surface area contributed by atoms with Gasteiger partial charge in [0.2, 0.25) is 0 Å². The summed E-state index contributed by atoms with van der Waals surface area (Å²) in [6.07, 6.45) is -5.08. The first-order valence-corrected chi connectivity index (χ1v) is 4.24. The van der Waals surface area contributed by atoms with Gasteiger partial charge in [-0.2, -0.15) is 13.2 Å². The van der Waals surface area contributed by atoms with Crippen molar-refractivity contribution in [2.75, 3.05) is 0 Å². The summed E-state index contributed by atoms with van der Waals surface area (Å²) in [5, 5.41) is 9.25. The molecule has 0 aliphatic rings. The molecular weight excluding hydrogens is 193 g/mol. The van der Waals surface area contributed by atoms with Gasteiger partial charge >= 0.3 is 6.18 Å². The highest BCUT2D eigenvalue weighted by atomic mass is 19.4. The second-order valence-electron chi connectivity index (χ2n) is 3.24. The normalized spacial score (nSPS) is 11.7. The van der Waals surface area contributed by atoms with Gasteiger partial charge in [0.25, 0.3) is 0 Å². The van der Waals surface area contributed by atoms with Crippen LogP contribution in [0.3, 0.4) is 0 Å². The number of phenolic OH excluding ortho intramolecular Hbond substituents is 1. The van der Waals surface area contributed by atoms with Gasteiger partial charge in [0, 0.05) is 6.42 Å². The average Bonchev–Trinajstić information content (AvgIpc) is 2.06. The number of benzene rings is 1. The zero-order valence-electron chi connectivity index (χ0n) is 7.73. The first kappa shape index (κ1) is 10.9. The van der Waals surface area contributed by atoms with Crippen molar-refractivity contribution in [1.82, 2.24) is 0 Å². The maximum atomic E-state index is 11.9. The summed E-state index contributed by atoms with van der Waals surface area (Å²) in [6, 6.07) is 4.59. The molecule has 0 saturated heterocycles. The Hall–Kier alpha value is -1.19. The van der Waals surface area contributed by atoms with Crippen molar-refractivity contribution in [2.45, 2.75) is 25.9 Å². The second kappa shape index (κ2) is 3.90. The Labute approximate surface area is 80.2 Å². The Balaban J connectivity index is 2.65. The summed E-state index contributed by atoms with van der Waals surface area (Å²) >= 11 is 0. The van der Waals surface area contributed by atoms with Crippen LogP contribution in [0, 0.1) is 6.92 Å². The quantitative estimate of drug-likeness (QED) is 0.784. The van der Waals surface area contributed by atoms with Crippen molar-refractivity contribution in [2.24, 2.45) is 0 Å². The Kier molecular flexibility index (Phi) is 3.03. The third kappa shape index (κ3) is 3.28. The molecule has 0 spiro atoms. The predicted octanol–water partition coefficient (Wildman–Crippen LogP) is 3.20. The lowest BCUT2D eigenvalue weighted by Crippen LogP contribution is -2.08. The molecule has 0 aromatic heterocycles. The van der Waals surface area contributed by atoms with E-state index < -0.39 is 12.6 Å². The Morgan fingerprint density at radius 3 is 2.43 bits per heavy atom. The third-order valence-electron chi connectivity index (χ3n) is 1.97. The topological polar surface area (TPSA) is 20.2 Å². The minimum atomic E-state index is -4.14. The molecule has 0 heterocycles. The molecule has 1 nitrogen and oxygen atoms in total. The minimum absolute atomic E-state index is 0.0460. The van der Waals surface area contributed by atoms with Gasteiger partial charge in [-0.25, -0.2) is 0 Å². The van der Waals surface area contributed by atoms with Crippen molar-refractivity contribution in [1.29, 1.82) is 0 Å². The molecule has 4 heteroatoms. The summed E-state index contributed by atoms with van der Waals surface area (Å²) in [6.45, 7) is 1.70. The van der Waals surface area contributed by atoms with E-state index >= 15 is 0 Å². The van der Waals surface area contributed by atoms with E-state index in [4.69, 9.17) is 0 Å². The minimum Gasteiger partial charge on any atom is -0.508 e. The molecule has 0 unspecified atom stereocenters. The number of rotatable bonds is 2. The zero-order chi connectivity index (χ0) is 10.8. The predicted molar refractivity (Wildman–Crippen MR) is 47.2 cm³/mol. The van der Waals surface area contributed by atoms with Gasteiger partial charge in [0.1, 0.15) is 5.75 Å². The fourth-order valence-corrected chi connectivity index (χ4v) is 1.10. The van der Waals surface area contributed by atoms with Crippen LogP contribution in [-0.2, 0) is 6.42 Å². The number of alkyl halides is 3. The molecule has 78 valence electrons. The third-order valence-corrected chi connectivity index (χ3v) is 1.97. The number of hydrogen-bond donors (Lipinski definition) is 1. The molecule has 1 rings (SSSR count). The highest BCUT2D eigenvalue weighted by Gasteiger charge is 2.26. The molecule has 0 fully saturated rings.